The molecule has 3 aromatic heterocycles. The van der Waals surface area contributed by atoms with Crippen molar-refractivity contribution in [1.29, 1.82) is 0 Å². The summed E-state index contributed by atoms with van der Waals surface area (Å²) in [7, 11) is 0. The molecule has 92 valence electrons. The van der Waals surface area contributed by atoms with E-state index in [0.29, 0.717) is 11.6 Å². The second kappa shape index (κ2) is 4.02. The van der Waals surface area contributed by atoms with Crippen LogP contribution in [0.15, 0.2) is 30.9 Å². The second-order valence-corrected chi connectivity index (χ2v) is 3.85. The molecule has 0 amide bonds. The molecule has 0 aliphatic rings. The first-order valence-electron chi connectivity index (χ1n) is 5.66. The zero-order chi connectivity index (χ0) is 12.5. The van der Waals surface area contributed by atoms with Crippen molar-refractivity contribution < 1.29 is 0 Å². The van der Waals surface area contributed by atoms with E-state index in [4.69, 9.17) is 5.73 Å². The Bertz CT molecular complexity index is 682. The first kappa shape index (κ1) is 10.6. The number of hydrogen-bond acceptors (Lipinski definition) is 5. The Morgan fingerprint density at radius 3 is 3.06 bits per heavy atom. The lowest BCUT2D eigenvalue weighted by molar-refractivity contribution is 0.662. The molecule has 3 heterocycles. The standard InChI is InChI=1S/C11H13N7/c1-2-18-5-3-9(16-18)15-10-11-13-4-6-17(11)7-8(12)14-10/h3-7H,2,12H2,1H3,(H,14,15,16). The van der Waals surface area contributed by atoms with Gasteiger partial charge in [-0.15, -0.1) is 0 Å². The van der Waals surface area contributed by atoms with Gasteiger partial charge in [-0.25, -0.2) is 9.97 Å². The highest BCUT2D eigenvalue weighted by Gasteiger charge is 2.07. The van der Waals surface area contributed by atoms with E-state index in [1.165, 1.54) is 0 Å². The van der Waals surface area contributed by atoms with Gasteiger partial charge in [-0.3, -0.25) is 4.68 Å². The summed E-state index contributed by atoms with van der Waals surface area (Å²) in [4.78, 5) is 8.47. The third-order valence-corrected chi connectivity index (χ3v) is 2.60. The monoisotopic (exact) mass is 243 g/mol. The molecule has 0 aliphatic heterocycles. The van der Waals surface area contributed by atoms with Gasteiger partial charge in [0.2, 0.25) is 0 Å². The molecule has 7 heteroatoms. The number of nitrogens with one attached hydrogen (secondary N) is 1. The third kappa shape index (κ3) is 1.75. The first-order chi connectivity index (χ1) is 8.76. The van der Waals surface area contributed by atoms with Crippen molar-refractivity contribution in [2.24, 2.45) is 0 Å². The molecule has 3 N–H and O–H groups in total. The highest BCUT2D eigenvalue weighted by Crippen LogP contribution is 2.18. The van der Waals surface area contributed by atoms with Crippen molar-refractivity contribution in [3.63, 3.8) is 0 Å². The topological polar surface area (TPSA) is 86.1 Å². The number of hydrogen-bond donors (Lipinski definition) is 2. The van der Waals surface area contributed by atoms with Gasteiger partial charge in [-0.1, -0.05) is 0 Å². The minimum absolute atomic E-state index is 0.429. The molecule has 0 spiro atoms. The molecule has 0 saturated heterocycles. The van der Waals surface area contributed by atoms with Crippen molar-refractivity contribution >= 4 is 23.1 Å². The fourth-order valence-corrected chi connectivity index (χ4v) is 1.76. The van der Waals surface area contributed by atoms with E-state index >= 15 is 0 Å². The fraction of sp³-hybridized carbons (Fsp3) is 0.182. The van der Waals surface area contributed by atoms with Gasteiger partial charge >= 0.3 is 0 Å². The van der Waals surface area contributed by atoms with Crippen LogP contribution in [-0.2, 0) is 6.54 Å². The lowest BCUT2D eigenvalue weighted by Gasteiger charge is -2.05. The van der Waals surface area contributed by atoms with Crippen LogP contribution in [0.4, 0.5) is 17.5 Å². The number of imidazole rings is 1. The summed E-state index contributed by atoms with van der Waals surface area (Å²) in [6, 6.07) is 1.88. The minimum Gasteiger partial charge on any atom is -0.382 e. The quantitative estimate of drug-likeness (QED) is 0.723. The molecular formula is C11H13N7. The third-order valence-electron chi connectivity index (χ3n) is 2.60. The van der Waals surface area contributed by atoms with Crippen LogP contribution in [0.3, 0.4) is 0 Å². The lowest BCUT2D eigenvalue weighted by atomic mass is 10.5. The number of aryl methyl sites for hydroxylation is 1. The zero-order valence-electron chi connectivity index (χ0n) is 9.91. The molecule has 0 saturated carbocycles. The number of anilines is 3. The van der Waals surface area contributed by atoms with Crippen LogP contribution in [0.1, 0.15) is 6.92 Å². The van der Waals surface area contributed by atoms with Crippen molar-refractivity contribution in [1.82, 2.24) is 24.1 Å². The Morgan fingerprint density at radius 2 is 2.28 bits per heavy atom. The number of fused-ring (bicyclic) bond motifs is 1. The summed E-state index contributed by atoms with van der Waals surface area (Å²) in [5, 5.41) is 7.45. The highest BCUT2D eigenvalue weighted by molar-refractivity contribution is 5.69. The van der Waals surface area contributed by atoms with Crippen LogP contribution >= 0.6 is 0 Å². The molecule has 0 bridgehead atoms. The van der Waals surface area contributed by atoms with Gasteiger partial charge in [-0.05, 0) is 6.92 Å². The van der Waals surface area contributed by atoms with Crippen molar-refractivity contribution in [2.45, 2.75) is 13.5 Å². The lowest BCUT2D eigenvalue weighted by Crippen LogP contribution is -2.03. The molecule has 0 fully saturated rings. The van der Waals surface area contributed by atoms with Gasteiger partial charge in [0, 0.05) is 31.2 Å². The maximum absolute atomic E-state index is 5.74. The second-order valence-electron chi connectivity index (χ2n) is 3.85. The fourth-order valence-electron chi connectivity index (χ4n) is 1.76. The summed E-state index contributed by atoms with van der Waals surface area (Å²) in [6.45, 7) is 2.85. The molecule has 18 heavy (non-hydrogen) atoms. The van der Waals surface area contributed by atoms with Crippen molar-refractivity contribution in [3.05, 3.63) is 30.9 Å². The summed E-state index contributed by atoms with van der Waals surface area (Å²) < 4.78 is 3.65. The molecule has 3 aromatic rings. The highest BCUT2D eigenvalue weighted by atomic mass is 15.3. The van der Waals surface area contributed by atoms with Gasteiger partial charge in [0.1, 0.15) is 5.82 Å². The van der Waals surface area contributed by atoms with E-state index < -0.39 is 0 Å². The van der Waals surface area contributed by atoms with E-state index in [2.05, 4.69) is 20.4 Å². The van der Waals surface area contributed by atoms with Gasteiger partial charge < -0.3 is 15.5 Å². The molecule has 3 rings (SSSR count). The zero-order valence-corrected chi connectivity index (χ0v) is 9.91. The predicted octanol–water partition coefficient (Wildman–Crippen LogP) is 1.27. The van der Waals surface area contributed by atoms with E-state index in [1.54, 1.807) is 12.4 Å². The average molecular weight is 243 g/mol. The molecule has 7 nitrogen and oxygen atoms in total. The largest absolute Gasteiger partial charge is 0.382 e. The number of nitrogen functional groups attached to an aromatic ring is 1. The maximum atomic E-state index is 5.74. The Hall–Kier alpha value is -2.57. The summed E-state index contributed by atoms with van der Waals surface area (Å²) >= 11 is 0. The van der Waals surface area contributed by atoms with E-state index in [-0.39, 0.29) is 0 Å². The van der Waals surface area contributed by atoms with Gasteiger partial charge in [-0.2, -0.15) is 5.10 Å². The van der Waals surface area contributed by atoms with Crippen LogP contribution in [0.2, 0.25) is 0 Å². The Labute approximate surface area is 103 Å². The minimum atomic E-state index is 0.429. The van der Waals surface area contributed by atoms with Crippen LogP contribution in [0, 0.1) is 0 Å². The number of aromatic nitrogens is 5. The molecule has 0 unspecified atom stereocenters. The first-order valence-corrected chi connectivity index (χ1v) is 5.66. The van der Waals surface area contributed by atoms with Gasteiger partial charge in [0.15, 0.2) is 17.3 Å². The molecule has 0 radical (unpaired) electrons. The Kier molecular flexibility index (Phi) is 2.36. The number of rotatable bonds is 3. The van der Waals surface area contributed by atoms with Crippen molar-refractivity contribution in [2.75, 3.05) is 11.1 Å². The van der Waals surface area contributed by atoms with Crippen LogP contribution in [0.5, 0.6) is 0 Å². The van der Waals surface area contributed by atoms with Crippen LogP contribution in [0.25, 0.3) is 5.65 Å². The molecule has 0 atom stereocenters. The van der Waals surface area contributed by atoms with E-state index in [0.717, 1.165) is 18.0 Å². The Balaban J connectivity index is 2.00. The predicted molar refractivity (Wildman–Crippen MR) is 68.6 cm³/mol. The summed E-state index contributed by atoms with van der Waals surface area (Å²) in [6.07, 6.45) is 7.14. The van der Waals surface area contributed by atoms with Crippen LogP contribution in [-0.4, -0.2) is 24.1 Å². The molecular weight excluding hydrogens is 230 g/mol. The van der Waals surface area contributed by atoms with Crippen molar-refractivity contribution in [3.8, 4) is 0 Å². The summed E-state index contributed by atoms with van der Waals surface area (Å²) in [5.41, 5.74) is 6.46. The van der Waals surface area contributed by atoms with Crippen LogP contribution < -0.4 is 11.1 Å². The van der Waals surface area contributed by atoms with E-state index in [9.17, 15) is 0 Å². The number of nitrogens with zero attached hydrogens (tertiary/aromatic N) is 5. The average Bonchev–Trinajstić information content (AvgIpc) is 2.97. The summed E-state index contributed by atoms with van der Waals surface area (Å²) in [5.74, 6) is 1.75. The van der Waals surface area contributed by atoms with Gasteiger partial charge in [0.05, 0.1) is 6.20 Å². The maximum Gasteiger partial charge on any atom is 0.180 e. The SMILES string of the molecule is CCn1ccc(Nc2nc(N)cn3ccnc23)n1. The molecule has 0 aliphatic carbocycles. The smallest absolute Gasteiger partial charge is 0.180 e. The van der Waals surface area contributed by atoms with Gasteiger partial charge in [0.25, 0.3) is 0 Å². The normalized spacial score (nSPS) is 10.9. The molecule has 0 aromatic carbocycles. The van der Waals surface area contributed by atoms with E-state index in [1.807, 2.05) is 34.5 Å². The Morgan fingerprint density at radius 1 is 1.39 bits per heavy atom. The number of nitrogens with two attached hydrogens (primary N) is 1.